The number of carbonyl (C=O) groups excluding carboxylic acids is 2. The number of carbonyl (C=O) groups is 2. The van der Waals surface area contributed by atoms with Gasteiger partial charge in [0.1, 0.15) is 12.3 Å². The van der Waals surface area contributed by atoms with Crippen LogP contribution in [0.4, 0.5) is 5.69 Å². The first-order valence-electron chi connectivity index (χ1n) is 10.8. The molecule has 0 saturated carbocycles. The summed E-state index contributed by atoms with van der Waals surface area (Å²) in [5.41, 5.74) is 4.03. The van der Waals surface area contributed by atoms with Crippen molar-refractivity contribution in [2.75, 3.05) is 25.1 Å². The van der Waals surface area contributed by atoms with Crippen molar-refractivity contribution in [3.63, 3.8) is 0 Å². The minimum atomic E-state index is -0.179. The van der Waals surface area contributed by atoms with E-state index in [2.05, 4.69) is 30.4 Å². The zero-order chi connectivity index (χ0) is 23.2. The van der Waals surface area contributed by atoms with Crippen LogP contribution in [-0.4, -0.2) is 32.0 Å². The topological polar surface area (TPSA) is 58.6 Å². The number of methoxy groups -OCH3 is 1. The standard InChI is InChI=1S/C27H26N2O3S/c1-19-6-5-7-20(16-19)14-15-28-26(30)18-29-23-8-3-4-9-24(23)33-25(27(29)31)17-21-10-12-22(32-2)13-11-21/h3-13,16-17H,14-15,18H2,1-2H3,(H,28,30). The van der Waals surface area contributed by atoms with Gasteiger partial charge in [0.15, 0.2) is 0 Å². The lowest BCUT2D eigenvalue weighted by Crippen LogP contribution is -2.43. The van der Waals surface area contributed by atoms with Gasteiger partial charge >= 0.3 is 0 Å². The smallest absolute Gasteiger partial charge is 0.265 e. The molecule has 1 aliphatic heterocycles. The SMILES string of the molecule is COc1ccc(C=C2Sc3ccccc3N(CC(=O)NCCc3cccc(C)c3)C2=O)cc1. The van der Waals surface area contributed by atoms with Crippen LogP contribution in [0.5, 0.6) is 5.75 Å². The number of anilines is 1. The molecule has 0 spiro atoms. The fourth-order valence-corrected chi connectivity index (χ4v) is 4.74. The number of fused-ring (bicyclic) bond motifs is 1. The molecule has 0 aliphatic carbocycles. The Labute approximate surface area is 198 Å². The van der Waals surface area contributed by atoms with Gasteiger partial charge in [-0.05, 0) is 54.8 Å². The van der Waals surface area contributed by atoms with E-state index in [1.807, 2.05) is 60.7 Å². The minimum absolute atomic E-state index is 0.0236. The molecule has 0 radical (unpaired) electrons. The Kier molecular flexibility index (Phi) is 7.15. The summed E-state index contributed by atoms with van der Waals surface area (Å²) in [6.45, 7) is 2.55. The van der Waals surface area contributed by atoms with Crippen molar-refractivity contribution in [2.24, 2.45) is 0 Å². The summed E-state index contributed by atoms with van der Waals surface area (Å²) in [6, 6.07) is 23.4. The summed E-state index contributed by atoms with van der Waals surface area (Å²) in [6.07, 6.45) is 2.60. The number of benzene rings is 3. The zero-order valence-corrected chi connectivity index (χ0v) is 19.5. The van der Waals surface area contributed by atoms with Crippen molar-refractivity contribution in [3.05, 3.63) is 94.4 Å². The normalized spacial score (nSPS) is 14.2. The third-order valence-corrected chi connectivity index (χ3v) is 6.44. The molecular weight excluding hydrogens is 432 g/mol. The maximum Gasteiger partial charge on any atom is 0.265 e. The molecule has 2 amide bonds. The number of aryl methyl sites for hydroxylation is 1. The summed E-state index contributed by atoms with van der Waals surface area (Å²) >= 11 is 1.42. The molecule has 3 aromatic rings. The van der Waals surface area contributed by atoms with Crippen LogP contribution in [0.15, 0.2) is 82.6 Å². The Hall–Kier alpha value is -3.51. The largest absolute Gasteiger partial charge is 0.497 e. The zero-order valence-electron chi connectivity index (χ0n) is 18.7. The van der Waals surface area contributed by atoms with Gasteiger partial charge in [-0.25, -0.2) is 0 Å². The predicted octanol–water partition coefficient (Wildman–Crippen LogP) is 4.84. The van der Waals surface area contributed by atoms with Crippen molar-refractivity contribution in [3.8, 4) is 5.75 Å². The summed E-state index contributed by atoms with van der Waals surface area (Å²) in [5, 5.41) is 2.95. The highest BCUT2D eigenvalue weighted by atomic mass is 32.2. The van der Waals surface area contributed by atoms with Crippen LogP contribution >= 0.6 is 11.8 Å². The number of hydrogen-bond acceptors (Lipinski definition) is 4. The minimum Gasteiger partial charge on any atom is -0.497 e. The van der Waals surface area contributed by atoms with E-state index in [1.54, 1.807) is 12.0 Å². The number of para-hydroxylation sites is 1. The molecule has 6 heteroatoms. The number of hydrogen-bond donors (Lipinski definition) is 1. The van der Waals surface area contributed by atoms with Gasteiger partial charge in [-0.2, -0.15) is 0 Å². The Morgan fingerprint density at radius 1 is 1.06 bits per heavy atom. The molecule has 1 heterocycles. The van der Waals surface area contributed by atoms with E-state index in [-0.39, 0.29) is 18.4 Å². The Morgan fingerprint density at radius 3 is 2.61 bits per heavy atom. The van der Waals surface area contributed by atoms with Crippen molar-refractivity contribution in [1.29, 1.82) is 0 Å². The van der Waals surface area contributed by atoms with Crippen LogP contribution in [0.25, 0.3) is 6.08 Å². The quantitative estimate of drug-likeness (QED) is 0.515. The molecule has 168 valence electrons. The highest BCUT2D eigenvalue weighted by molar-refractivity contribution is 8.04. The third-order valence-electron chi connectivity index (χ3n) is 5.37. The molecule has 0 saturated heterocycles. The molecule has 0 unspecified atom stereocenters. The average molecular weight is 459 g/mol. The molecule has 1 N–H and O–H groups in total. The lowest BCUT2D eigenvalue weighted by molar-refractivity contribution is -0.122. The van der Waals surface area contributed by atoms with Crippen LogP contribution in [0, 0.1) is 6.92 Å². The highest BCUT2D eigenvalue weighted by Crippen LogP contribution is 2.41. The molecule has 3 aromatic carbocycles. The Bertz CT molecular complexity index is 1190. The van der Waals surface area contributed by atoms with E-state index in [1.165, 1.54) is 22.9 Å². The van der Waals surface area contributed by atoms with E-state index in [4.69, 9.17) is 4.74 Å². The summed E-state index contributed by atoms with van der Waals surface area (Å²) in [5.74, 6) is 0.402. The van der Waals surface area contributed by atoms with Crippen LogP contribution in [0.2, 0.25) is 0 Å². The van der Waals surface area contributed by atoms with Crippen LogP contribution < -0.4 is 15.0 Å². The van der Waals surface area contributed by atoms with Gasteiger partial charge in [-0.3, -0.25) is 14.5 Å². The van der Waals surface area contributed by atoms with Gasteiger partial charge in [-0.15, -0.1) is 0 Å². The van der Waals surface area contributed by atoms with Crippen LogP contribution in [0.1, 0.15) is 16.7 Å². The molecule has 0 aromatic heterocycles. The summed E-state index contributed by atoms with van der Waals surface area (Å²) in [4.78, 5) is 29.1. The fraction of sp³-hybridized carbons (Fsp3) is 0.185. The van der Waals surface area contributed by atoms with Gasteiger partial charge in [0.05, 0.1) is 17.7 Å². The summed E-state index contributed by atoms with van der Waals surface area (Å²) < 4.78 is 5.21. The number of ether oxygens (including phenoxy) is 1. The van der Waals surface area contributed by atoms with Gasteiger partial charge in [0.2, 0.25) is 5.91 Å². The van der Waals surface area contributed by atoms with Crippen molar-refractivity contribution < 1.29 is 14.3 Å². The first-order valence-corrected chi connectivity index (χ1v) is 11.6. The molecule has 4 rings (SSSR count). The molecule has 0 fully saturated rings. The van der Waals surface area contributed by atoms with E-state index >= 15 is 0 Å². The average Bonchev–Trinajstić information content (AvgIpc) is 2.82. The second-order valence-electron chi connectivity index (χ2n) is 7.83. The van der Waals surface area contributed by atoms with Gasteiger partial charge in [-0.1, -0.05) is 65.9 Å². The van der Waals surface area contributed by atoms with Crippen LogP contribution in [0.3, 0.4) is 0 Å². The molecular formula is C27H26N2O3S. The van der Waals surface area contributed by atoms with E-state index < -0.39 is 0 Å². The Balaban J connectivity index is 1.47. The molecule has 0 bridgehead atoms. The van der Waals surface area contributed by atoms with E-state index in [9.17, 15) is 9.59 Å². The van der Waals surface area contributed by atoms with E-state index in [0.717, 1.165) is 28.3 Å². The molecule has 33 heavy (non-hydrogen) atoms. The lowest BCUT2D eigenvalue weighted by atomic mass is 10.1. The van der Waals surface area contributed by atoms with Gasteiger partial charge < -0.3 is 10.1 Å². The number of rotatable bonds is 7. The number of thioether (sulfide) groups is 1. The molecule has 5 nitrogen and oxygen atoms in total. The highest BCUT2D eigenvalue weighted by Gasteiger charge is 2.30. The molecule has 1 aliphatic rings. The van der Waals surface area contributed by atoms with Crippen molar-refractivity contribution in [1.82, 2.24) is 5.32 Å². The lowest BCUT2D eigenvalue weighted by Gasteiger charge is -2.29. The second-order valence-corrected chi connectivity index (χ2v) is 8.92. The fourth-order valence-electron chi connectivity index (χ4n) is 3.68. The van der Waals surface area contributed by atoms with Crippen LogP contribution in [-0.2, 0) is 16.0 Å². The number of nitrogens with one attached hydrogen (secondary N) is 1. The van der Waals surface area contributed by atoms with Gasteiger partial charge in [0, 0.05) is 11.4 Å². The third kappa shape index (κ3) is 5.65. The summed E-state index contributed by atoms with van der Waals surface area (Å²) in [7, 11) is 1.62. The maximum absolute atomic E-state index is 13.3. The number of nitrogens with zero attached hydrogens (tertiary/aromatic N) is 1. The Morgan fingerprint density at radius 2 is 1.85 bits per heavy atom. The van der Waals surface area contributed by atoms with Crippen molar-refractivity contribution in [2.45, 2.75) is 18.2 Å². The second kappa shape index (κ2) is 10.4. The first kappa shape index (κ1) is 22.7. The predicted molar refractivity (Wildman–Crippen MR) is 134 cm³/mol. The van der Waals surface area contributed by atoms with Gasteiger partial charge in [0.25, 0.3) is 5.91 Å². The monoisotopic (exact) mass is 458 g/mol. The first-order chi connectivity index (χ1) is 16.0. The maximum atomic E-state index is 13.3. The number of amides is 2. The van der Waals surface area contributed by atoms with Crippen molar-refractivity contribution >= 4 is 35.3 Å². The van der Waals surface area contributed by atoms with E-state index in [0.29, 0.717) is 11.4 Å². The molecule has 0 atom stereocenters.